The molecule has 1 aromatic carbocycles. The maximum absolute atomic E-state index is 11.9. The molecule has 19 heavy (non-hydrogen) atoms. The highest BCUT2D eigenvalue weighted by Gasteiger charge is 2.26. The lowest BCUT2D eigenvalue weighted by Gasteiger charge is -2.29. The van der Waals surface area contributed by atoms with Crippen LogP contribution in [0.3, 0.4) is 0 Å². The Kier molecular flexibility index (Phi) is 3.94. The van der Waals surface area contributed by atoms with E-state index >= 15 is 0 Å². The first-order valence-electron chi connectivity index (χ1n) is 6.34. The van der Waals surface area contributed by atoms with E-state index in [1.54, 1.807) is 12.1 Å². The fourth-order valence-corrected chi connectivity index (χ4v) is 2.44. The molecule has 2 rings (SSSR count). The summed E-state index contributed by atoms with van der Waals surface area (Å²) in [6, 6.07) is 4.62. The van der Waals surface area contributed by atoms with Gasteiger partial charge in [0.15, 0.2) is 5.78 Å². The molecule has 0 aliphatic carbocycles. The molecular formula is C14H16N2O3. The highest BCUT2D eigenvalue weighted by Crippen LogP contribution is 2.34. The molecule has 1 fully saturated rings. The van der Waals surface area contributed by atoms with Crippen LogP contribution in [-0.4, -0.2) is 23.8 Å². The molecule has 0 atom stereocenters. The Labute approximate surface area is 111 Å². The van der Waals surface area contributed by atoms with Crippen molar-refractivity contribution in [3.05, 3.63) is 46.5 Å². The molecule has 1 aromatic rings. The third kappa shape index (κ3) is 2.65. The predicted molar refractivity (Wildman–Crippen MR) is 73.7 cm³/mol. The zero-order chi connectivity index (χ0) is 13.8. The molecule has 0 saturated carbocycles. The van der Waals surface area contributed by atoms with Crippen LogP contribution in [0.1, 0.15) is 29.6 Å². The van der Waals surface area contributed by atoms with Gasteiger partial charge in [-0.1, -0.05) is 12.6 Å². The summed E-state index contributed by atoms with van der Waals surface area (Å²) < 4.78 is 0. The first kappa shape index (κ1) is 13.3. The van der Waals surface area contributed by atoms with E-state index in [-0.39, 0.29) is 11.5 Å². The Hall–Kier alpha value is -2.17. The van der Waals surface area contributed by atoms with Gasteiger partial charge < -0.3 is 4.90 Å². The number of para-hydroxylation sites is 1. The third-order valence-electron chi connectivity index (χ3n) is 3.33. The monoisotopic (exact) mass is 260 g/mol. The van der Waals surface area contributed by atoms with Gasteiger partial charge in [0.05, 0.1) is 10.5 Å². The number of carbonyl (C=O) groups excluding carboxylic acids is 1. The Bertz CT molecular complexity index is 519. The van der Waals surface area contributed by atoms with Crippen molar-refractivity contribution >= 4 is 17.2 Å². The van der Waals surface area contributed by atoms with Crippen molar-refractivity contribution in [3.63, 3.8) is 0 Å². The number of benzene rings is 1. The molecule has 1 heterocycles. The fraction of sp³-hybridized carbons (Fsp3) is 0.357. The van der Waals surface area contributed by atoms with E-state index in [2.05, 4.69) is 6.58 Å². The first-order chi connectivity index (χ1) is 9.15. The maximum Gasteiger partial charge on any atom is 0.293 e. The zero-order valence-corrected chi connectivity index (χ0v) is 10.7. The van der Waals surface area contributed by atoms with Gasteiger partial charge in [-0.15, -0.1) is 0 Å². The Balaban J connectivity index is 2.54. The second-order valence-electron chi connectivity index (χ2n) is 4.55. The average Bonchev–Trinajstić information content (AvgIpc) is 2.46. The second kappa shape index (κ2) is 5.65. The number of nitrogens with zero attached hydrogens (tertiary/aromatic N) is 2. The molecule has 1 aliphatic heterocycles. The molecule has 100 valence electrons. The third-order valence-corrected chi connectivity index (χ3v) is 3.33. The number of hydrogen-bond acceptors (Lipinski definition) is 4. The normalized spacial score (nSPS) is 15.1. The molecule has 0 unspecified atom stereocenters. The standard InChI is InChI=1S/C14H16N2O3/c1-2-13(17)11-7-6-8-12(16(18)19)14(11)15-9-4-3-5-10-15/h2,6-8H,1,3-5,9-10H2. The van der Waals surface area contributed by atoms with Gasteiger partial charge >= 0.3 is 0 Å². The van der Waals surface area contributed by atoms with Crippen LogP contribution < -0.4 is 4.90 Å². The molecule has 0 N–H and O–H groups in total. The Morgan fingerprint density at radius 3 is 2.58 bits per heavy atom. The minimum Gasteiger partial charge on any atom is -0.365 e. The summed E-state index contributed by atoms with van der Waals surface area (Å²) in [5.41, 5.74) is 0.804. The van der Waals surface area contributed by atoms with Crippen LogP contribution in [0.2, 0.25) is 0 Å². The van der Waals surface area contributed by atoms with Crippen LogP contribution in [0.25, 0.3) is 0 Å². The first-order valence-corrected chi connectivity index (χ1v) is 6.34. The zero-order valence-electron chi connectivity index (χ0n) is 10.7. The smallest absolute Gasteiger partial charge is 0.293 e. The minimum absolute atomic E-state index is 0.00500. The number of allylic oxidation sites excluding steroid dienone is 1. The molecule has 1 saturated heterocycles. The number of nitro groups is 1. The molecule has 0 aromatic heterocycles. The predicted octanol–water partition coefficient (Wildman–Crippen LogP) is 2.95. The number of ketones is 1. The van der Waals surface area contributed by atoms with Gasteiger partial charge in [-0.2, -0.15) is 0 Å². The topological polar surface area (TPSA) is 63.4 Å². The summed E-state index contributed by atoms with van der Waals surface area (Å²) in [7, 11) is 0. The van der Waals surface area contributed by atoms with Gasteiger partial charge in [0.1, 0.15) is 5.69 Å². The SMILES string of the molecule is C=CC(=O)c1cccc([N+](=O)[O-])c1N1CCCCC1. The van der Waals surface area contributed by atoms with Gasteiger partial charge in [0.2, 0.25) is 0 Å². The molecule has 0 bridgehead atoms. The summed E-state index contributed by atoms with van der Waals surface area (Å²) in [4.78, 5) is 24.6. The summed E-state index contributed by atoms with van der Waals surface area (Å²) in [5, 5.41) is 11.2. The van der Waals surface area contributed by atoms with Crippen molar-refractivity contribution in [2.45, 2.75) is 19.3 Å². The molecule has 0 amide bonds. The summed E-state index contributed by atoms with van der Waals surface area (Å²) in [6.07, 6.45) is 4.32. The number of nitro benzene ring substituents is 1. The summed E-state index contributed by atoms with van der Waals surface area (Å²) in [5.74, 6) is -0.274. The molecule has 1 aliphatic rings. The highest BCUT2D eigenvalue weighted by atomic mass is 16.6. The molecular weight excluding hydrogens is 244 g/mol. The van der Waals surface area contributed by atoms with Crippen molar-refractivity contribution in [1.29, 1.82) is 0 Å². The van der Waals surface area contributed by atoms with Crippen molar-refractivity contribution in [3.8, 4) is 0 Å². The van der Waals surface area contributed by atoms with Crippen LogP contribution in [-0.2, 0) is 0 Å². The number of anilines is 1. The van der Waals surface area contributed by atoms with E-state index in [1.165, 1.54) is 12.1 Å². The van der Waals surface area contributed by atoms with Gasteiger partial charge in [-0.05, 0) is 31.4 Å². The van der Waals surface area contributed by atoms with Gasteiger partial charge in [0, 0.05) is 19.2 Å². The van der Waals surface area contributed by atoms with Crippen LogP contribution in [0.5, 0.6) is 0 Å². The van der Waals surface area contributed by atoms with E-state index in [4.69, 9.17) is 0 Å². The van der Waals surface area contributed by atoms with E-state index in [1.807, 2.05) is 4.90 Å². The molecule has 5 nitrogen and oxygen atoms in total. The highest BCUT2D eigenvalue weighted by molar-refractivity contribution is 6.09. The largest absolute Gasteiger partial charge is 0.365 e. The number of hydrogen-bond donors (Lipinski definition) is 0. The van der Waals surface area contributed by atoms with Gasteiger partial charge in [-0.25, -0.2) is 0 Å². The van der Waals surface area contributed by atoms with Crippen LogP contribution >= 0.6 is 0 Å². The second-order valence-corrected chi connectivity index (χ2v) is 4.55. The van der Waals surface area contributed by atoms with Gasteiger partial charge in [-0.3, -0.25) is 14.9 Å². The van der Waals surface area contributed by atoms with Gasteiger partial charge in [0.25, 0.3) is 5.69 Å². The van der Waals surface area contributed by atoms with Crippen LogP contribution in [0.4, 0.5) is 11.4 Å². The van der Waals surface area contributed by atoms with Crippen LogP contribution in [0.15, 0.2) is 30.9 Å². The van der Waals surface area contributed by atoms with E-state index in [9.17, 15) is 14.9 Å². The molecule has 5 heteroatoms. The van der Waals surface area contributed by atoms with E-state index in [0.29, 0.717) is 11.3 Å². The number of carbonyl (C=O) groups is 1. The van der Waals surface area contributed by atoms with Crippen LogP contribution in [0, 0.1) is 10.1 Å². The lowest BCUT2D eigenvalue weighted by molar-refractivity contribution is -0.384. The van der Waals surface area contributed by atoms with E-state index < -0.39 is 4.92 Å². The number of piperidine rings is 1. The molecule has 0 radical (unpaired) electrons. The average molecular weight is 260 g/mol. The summed E-state index contributed by atoms with van der Waals surface area (Å²) >= 11 is 0. The Morgan fingerprint density at radius 1 is 1.32 bits per heavy atom. The molecule has 0 spiro atoms. The van der Waals surface area contributed by atoms with E-state index in [0.717, 1.165) is 32.4 Å². The lowest BCUT2D eigenvalue weighted by Crippen LogP contribution is -2.31. The fourth-order valence-electron chi connectivity index (χ4n) is 2.44. The summed E-state index contributed by atoms with van der Waals surface area (Å²) in [6.45, 7) is 4.96. The maximum atomic E-state index is 11.9. The quantitative estimate of drug-likeness (QED) is 0.361. The Morgan fingerprint density at radius 2 is 2.00 bits per heavy atom. The van der Waals surface area contributed by atoms with Crippen molar-refractivity contribution < 1.29 is 9.72 Å². The van der Waals surface area contributed by atoms with Crippen molar-refractivity contribution in [2.24, 2.45) is 0 Å². The number of rotatable bonds is 4. The lowest BCUT2D eigenvalue weighted by atomic mass is 10.0. The van der Waals surface area contributed by atoms with Crippen molar-refractivity contribution in [2.75, 3.05) is 18.0 Å². The van der Waals surface area contributed by atoms with Crippen molar-refractivity contribution in [1.82, 2.24) is 0 Å². The minimum atomic E-state index is -0.427.